The van der Waals surface area contributed by atoms with E-state index < -0.39 is 40.2 Å². The van der Waals surface area contributed by atoms with Crippen molar-refractivity contribution >= 4 is 27.5 Å². The van der Waals surface area contributed by atoms with Crippen molar-refractivity contribution in [1.29, 1.82) is 0 Å². The van der Waals surface area contributed by atoms with E-state index in [-0.39, 0.29) is 18.2 Å². The zero-order valence-corrected chi connectivity index (χ0v) is 21.4. The number of carbonyl (C=O) groups excluding carboxylic acids is 2. The lowest BCUT2D eigenvalue weighted by Crippen LogP contribution is -2.52. The molecule has 0 aliphatic rings. The summed E-state index contributed by atoms with van der Waals surface area (Å²) in [6.45, 7) is 8.17. The molecule has 0 heterocycles. The Bertz CT molecular complexity index is 1120. The second-order valence-electron chi connectivity index (χ2n) is 8.62. The van der Waals surface area contributed by atoms with Crippen molar-refractivity contribution < 1.29 is 22.4 Å². The van der Waals surface area contributed by atoms with Crippen molar-refractivity contribution in [2.75, 3.05) is 17.1 Å². The Balaban J connectivity index is 2.46. The van der Waals surface area contributed by atoms with Gasteiger partial charge in [-0.25, -0.2) is 12.8 Å². The van der Waals surface area contributed by atoms with Gasteiger partial charge in [0.2, 0.25) is 21.8 Å². The number of hydrogen-bond donors (Lipinski definition) is 1. The third kappa shape index (κ3) is 6.79. The molecule has 0 radical (unpaired) electrons. The molecule has 0 spiro atoms. The minimum atomic E-state index is -3.83. The van der Waals surface area contributed by atoms with E-state index in [2.05, 4.69) is 5.32 Å². The van der Waals surface area contributed by atoms with Crippen LogP contribution in [0.2, 0.25) is 0 Å². The molecule has 0 saturated heterocycles. The number of rotatable bonds is 10. The number of aryl methyl sites for hydroxylation is 2. The number of para-hydroxylation sites is 1. The van der Waals surface area contributed by atoms with Crippen LogP contribution in [-0.2, 0) is 26.2 Å². The fourth-order valence-corrected chi connectivity index (χ4v) is 4.60. The number of nitrogens with one attached hydrogen (secondary N) is 1. The van der Waals surface area contributed by atoms with Crippen LogP contribution >= 0.6 is 0 Å². The summed E-state index contributed by atoms with van der Waals surface area (Å²) < 4.78 is 40.9. The van der Waals surface area contributed by atoms with E-state index in [4.69, 9.17) is 0 Å². The molecule has 0 aliphatic heterocycles. The van der Waals surface area contributed by atoms with Gasteiger partial charge in [-0.2, -0.15) is 0 Å². The van der Waals surface area contributed by atoms with Gasteiger partial charge in [0.05, 0.1) is 11.9 Å². The van der Waals surface area contributed by atoms with Gasteiger partial charge in [0, 0.05) is 18.2 Å². The fraction of sp³-hybridized carbons (Fsp3) is 0.440. The minimum Gasteiger partial charge on any atom is -0.352 e. The van der Waals surface area contributed by atoms with E-state index in [1.807, 2.05) is 19.9 Å². The number of benzene rings is 2. The van der Waals surface area contributed by atoms with Crippen molar-refractivity contribution in [3.8, 4) is 0 Å². The Morgan fingerprint density at radius 2 is 1.62 bits per heavy atom. The third-order valence-corrected chi connectivity index (χ3v) is 6.95. The van der Waals surface area contributed by atoms with Gasteiger partial charge >= 0.3 is 0 Å². The topological polar surface area (TPSA) is 86.8 Å². The van der Waals surface area contributed by atoms with Crippen molar-refractivity contribution in [2.45, 2.75) is 59.7 Å². The maximum Gasteiger partial charge on any atom is 0.244 e. The Hall–Kier alpha value is -2.94. The van der Waals surface area contributed by atoms with Crippen LogP contribution in [0.4, 0.5) is 10.1 Å². The molecule has 1 N–H and O–H groups in total. The van der Waals surface area contributed by atoms with Crippen LogP contribution in [0.5, 0.6) is 0 Å². The van der Waals surface area contributed by atoms with E-state index in [1.54, 1.807) is 39.0 Å². The van der Waals surface area contributed by atoms with Crippen molar-refractivity contribution in [3.63, 3.8) is 0 Å². The normalized spacial score (nSPS) is 13.1. The molecule has 0 aliphatic carbocycles. The maximum absolute atomic E-state index is 14.4. The molecule has 0 bridgehead atoms. The molecular weight excluding hydrogens is 457 g/mol. The van der Waals surface area contributed by atoms with Crippen molar-refractivity contribution in [3.05, 3.63) is 65.0 Å². The number of nitrogens with zero attached hydrogens (tertiary/aromatic N) is 2. The lowest BCUT2D eigenvalue weighted by atomic mass is 10.1. The van der Waals surface area contributed by atoms with E-state index in [1.165, 1.54) is 23.1 Å². The van der Waals surface area contributed by atoms with E-state index in [0.29, 0.717) is 23.2 Å². The largest absolute Gasteiger partial charge is 0.352 e. The Morgan fingerprint density at radius 3 is 2.15 bits per heavy atom. The zero-order chi connectivity index (χ0) is 25.6. The smallest absolute Gasteiger partial charge is 0.244 e. The van der Waals surface area contributed by atoms with Crippen LogP contribution in [0.25, 0.3) is 0 Å². The van der Waals surface area contributed by atoms with Gasteiger partial charge in [-0.1, -0.05) is 43.3 Å². The molecule has 0 saturated carbocycles. The number of carbonyl (C=O) groups is 2. The van der Waals surface area contributed by atoms with Gasteiger partial charge in [0.1, 0.15) is 18.4 Å². The summed E-state index contributed by atoms with van der Waals surface area (Å²) in [5, 5.41) is 2.84. The minimum absolute atomic E-state index is 0.109. The average molecular weight is 492 g/mol. The van der Waals surface area contributed by atoms with E-state index in [9.17, 15) is 22.4 Å². The second kappa shape index (κ2) is 11.5. The van der Waals surface area contributed by atoms with Crippen LogP contribution in [0, 0.1) is 19.7 Å². The fourth-order valence-electron chi connectivity index (χ4n) is 3.63. The highest BCUT2D eigenvalue weighted by Crippen LogP contribution is 2.27. The van der Waals surface area contributed by atoms with Gasteiger partial charge in [-0.3, -0.25) is 13.9 Å². The molecule has 2 atom stereocenters. The van der Waals surface area contributed by atoms with E-state index >= 15 is 0 Å². The molecule has 34 heavy (non-hydrogen) atoms. The first kappa shape index (κ1) is 27.3. The molecule has 2 rings (SSSR count). The number of anilines is 1. The molecule has 9 heteroatoms. The lowest BCUT2D eigenvalue weighted by Gasteiger charge is -2.32. The summed E-state index contributed by atoms with van der Waals surface area (Å²) in [5.74, 6) is -1.51. The predicted molar refractivity (Wildman–Crippen MR) is 132 cm³/mol. The van der Waals surface area contributed by atoms with Crippen LogP contribution in [-0.4, -0.2) is 50.0 Å². The molecule has 0 fully saturated rings. The van der Waals surface area contributed by atoms with Crippen molar-refractivity contribution in [1.82, 2.24) is 10.2 Å². The molecule has 2 amide bonds. The number of halogens is 1. The summed E-state index contributed by atoms with van der Waals surface area (Å²) >= 11 is 0. The molecule has 0 aromatic heterocycles. The van der Waals surface area contributed by atoms with Crippen LogP contribution in [0.3, 0.4) is 0 Å². The predicted octanol–water partition coefficient (Wildman–Crippen LogP) is 3.54. The van der Waals surface area contributed by atoms with Gasteiger partial charge < -0.3 is 10.2 Å². The highest BCUT2D eigenvalue weighted by Gasteiger charge is 2.31. The quantitative estimate of drug-likeness (QED) is 0.551. The summed E-state index contributed by atoms with van der Waals surface area (Å²) in [7, 11) is -3.83. The Morgan fingerprint density at radius 1 is 1.03 bits per heavy atom. The highest BCUT2D eigenvalue weighted by molar-refractivity contribution is 7.92. The highest BCUT2D eigenvalue weighted by atomic mass is 32.2. The molecule has 2 aromatic rings. The zero-order valence-electron chi connectivity index (χ0n) is 20.6. The molecule has 2 aromatic carbocycles. The van der Waals surface area contributed by atoms with E-state index in [0.717, 1.165) is 10.6 Å². The van der Waals surface area contributed by atoms with Crippen LogP contribution < -0.4 is 9.62 Å². The maximum atomic E-state index is 14.4. The van der Waals surface area contributed by atoms with Crippen LogP contribution in [0.1, 0.15) is 43.9 Å². The Kier molecular flexibility index (Phi) is 9.21. The van der Waals surface area contributed by atoms with Gasteiger partial charge in [0.15, 0.2) is 0 Å². The summed E-state index contributed by atoms with van der Waals surface area (Å²) in [4.78, 5) is 27.6. The second-order valence-corrected chi connectivity index (χ2v) is 10.5. The molecule has 7 nitrogen and oxygen atoms in total. The summed E-state index contributed by atoms with van der Waals surface area (Å²) in [5.41, 5.74) is 2.04. The first-order valence-corrected chi connectivity index (χ1v) is 13.1. The SMILES string of the molecule is CCC(C)NC(=O)C(C)N(Cc1ccccc1F)C(=O)CN(c1c(C)cccc1C)S(C)(=O)=O. The standard InChI is InChI=1S/C25H34FN3O4S/c1-7-19(4)27-25(31)20(5)28(15-21-13-8-9-14-22(21)26)23(30)16-29(34(6,32)33)24-17(2)11-10-12-18(24)3/h8-14,19-20H,7,15-16H2,1-6H3,(H,27,31). The third-order valence-electron chi connectivity index (χ3n) is 5.83. The lowest BCUT2D eigenvalue weighted by molar-refractivity contribution is -0.139. The monoisotopic (exact) mass is 491 g/mol. The van der Waals surface area contributed by atoms with Crippen LogP contribution in [0.15, 0.2) is 42.5 Å². The number of sulfonamides is 1. The van der Waals surface area contributed by atoms with Gasteiger partial charge in [0.25, 0.3) is 0 Å². The van der Waals surface area contributed by atoms with Crippen molar-refractivity contribution in [2.24, 2.45) is 0 Å². The number of hydrogen-bond acceptors (Lipinski definition) is 4. The number of amides is 2. The summed E-state index contributed by atoms with van der Waals surface area (Å²) in [6.07, 6.45) is 1.74. The average Bonchev–Trinajstić information content (AvgIpc) is 2.76. The molecular formula is C25H34FN3O4S. The molecule has 2 unspecified atom stereocenters. The molecule has 186 valence electrons. The first-order chi connectivity index (χ1) is 15.9. The van der Waals surface area contributed by atoms with Gasteiger partial charge in [-0.15, -0.1) is 0 Å². The summed E-state index contributed by atoms with van der Waals surface area (Å²) in [6, 6.07) is 10.3. The first-order valence-electron chi connectivity index (χ1n) is 11.2. The van der Waals surface area contributed by atoms with Gasteiger partial charge in [-0.05, 0) is 51.3 Å². The Labute approximate surface area is 202 Å².